The maximum absolute atomic E-state index is 12.2. The Balaban J connectivity index is 2.09. The molecule has 0 bridgehead atoms. The first-order valence-electron chi connectivity index (χ1n) is 6.36. The van der Waals surface area contributed by atoms with Gasteiger partial charge >= 0.3 is 5.97 Å². The maximum atomic E-state index is 12.2. The first kappa shape index (κ1) is 13.6. The second-order valence-corrected chi connectivity index (χ2v) is 5.92. The quantitative estimate of drug-likeness (QED) is 0.871. The third-order valence-electron chi connectivity index (χ3n) is 3.34. The summed E-state index contributed by atoms with van der Waals surface area (Å²) >= 11 is 0. The minimum atomic E-state index is -0.833. The summed E-state index contributed by atoms with van der Waals surface area (Å²) in [7, 11) is 0. The van der Waals surface area contributed by atoms with Crippen LogP contribution < -0.4 is 0 Å². The summed E-state index contributed by atoms with van der Waals surface area (Å²) < 4.78 is 1.74. The molecule has 0 radical (unpaired) electrons. The molecule has 1 aliphatic heterocycles. The fourth-order valence-electron chi connectivity index (χ4n) is 2.13. The van der Waals surface area contributed by atoms with Crippen LogP contribution in [0.2, 0.25) is 0 Å². The van der Waals surface area contributed by atoms with Crippen molar-refractivity contribution >= 4 is 11.9 Å². The Kier molecular flexibility index (Phi) is 3.34. The summed E-state index contributed by atoms with van der Waals surface area (Å²) in [5, 5.41) is 13.1. The highest BCUT2D eigenvalue weighted by Crippen LogP contribution is 2.20. The van der Waals surface area contributed by atoms with Crippen LogP contribution in [0.3, 0.4) is 0 Å². The van der Waals surface area contributed by atoms with E-state index in [0.29, 0.717) is 18.5 Å². The molecule has 6 nitrogen and oxygen atoms in total. The number of amides is 1. The first-order valence-corrected chi connectivity index (χ1v) is 6.36. The fourth-order valence-corrected chi connectivity index (χ4v) is 2.13. The predicted octanol–water partition coefficient (Wildman–Crippen LogP) is 1.18. The number of carboxylic acids is 1. The molecule has 1 amide bonds. The van der Waals surface area contributed by atoms with Crippen molar-refractivity contribution in [1.29, 1.82) is 0 Å². The van der Waals surface area contributed by atoms with Crippen LogP contribution in [-0.2, 0) is 10.3 Å². The minimum absolute atomic E-state index is 0.140. The van der Waals surface area contributed by atoms with Crippen molar-refractivity contribution in [2.45, 2.75) is 32.7 Å². The van der Waals surface area contributed by atoms with Crippen molar-refractivity contribution in [3.8, 4) is 0 Å². The zero-order valence-electron chi connectivity index (χ0n) is 11.5. The number of nitrogens with zero attached hydrogens (tertiary/aromatic N) is 3. The van der Waals surface area contributed by atoms with E-state index in [1.54, 1.807) is 22.0 Å². The van der Waals surface area contributed by atoms with Gasteiger partial charge in [-0.3, -0.25) is 14.3 Å². The number of likely N-dealkylation sites (tertiary alicyclic amines) is 1. The SMILES string of the molecule is CC(C)(C)n1cc(C(=O)N2CCC(C(=O)O)C2)cn1. The van der Waals surface area contributed by atoms with E-state index < -0.39 is 11.9 Å². The Morgan fingerprint density at radius 1 is 1.42 bits per heavy atom. The molecule has 1 fully saturated rings. The Bertz CT molecular complexity index is 501. The maximum Gasteiger partial charge on any atom is 0.308 e. The van der Waals surface area contributed by atoms with Gasteiger partial charge in [-0.1, -0.05) is 0 Å². The van der Waals surface area contributed by atoms with E-state index in [1.165, 1.54) is 0 Å². The lowest BCUT2D eigenvalue weighted by molar-refractivity contribution is -0.141. The second kappa shape index (κ2) is 4.68. The molecule has 0 spiro atoms. The summed E-state index contributed by atoms with van der Waals surface area (Å²) in [4.78, 5) is 24.7. The third-order valence-corrected chi connectivity index (χ3v) is 3.34. The number of hydrogen-bond acceptors (Lipinski definition) is 3. The van der Waals surface area contributed by atoms with Crippen LogP contribution in [0.1, 0.15) is 37.6 Å². The highest BCUT2D eigenvalue weighted by atomic mass is 16.4. The summed E-state index contributed by atoms with van der Waals surface area (Å²) in [6, 6.07) is 0. The molecule has 1 atom stereocenters. The topological polar surface area (TPSA) is 75.4 Å². The molecule has 1 saturated heterocycles. The average Bonchev–Trinajstić information content (AvgIpc) is 2.97. The molecule has 0 aromatic carbocycles. The molecule has 1 unspecified atom stereocenters. The molecule has 104 valence electrons. The smallest absolute Gasteiger partial charge is 0.308 e. The van der Waals surface area contributed by atoms with Gasteiger partial charge in [0.05, 0.1) is 23.2 Å². The van der Waals surface area contributed by atoms with Gasteiger partial charge < -0.3 is 10.0 Å². The number of rotatable bonds is 2. The van der Waals surface area contributed by atoms with E-state index in [1.807, 2.05) is 20.8 Å². The number of aromatic nitrogens is 2. The second-order valence-electron chi connectivity index (χ2n) is 5.92. The summed E-state index contributed by atoms with van der Waals surface area (Å²) in [5.41, 5.74) is 0.341. The van der Waals surface area contributed by atoms with Gasteiger partial charge in [0, 0.05) is 19.3 Å². The predicted molar refractivity (Wildman–Crippen MR) is 68.9 cm³/mol. The van der Waals surface area contributed by atoms with Crippen molar-refractivity contribution in [2.24, 2.45) is 5.92 Å². The molecule has 0 aliphatic carbocycles. The lowest BCUT2D eigenvalue weighted by Gasteiger charge is -2.19. The van der Waals surface area contributed by atoms with Gasteiger partial charge in [0.1, 0.15) is 0 Å². The normalized spacial score (nSPS) is 19.7. The van der Waals surface area contributed by atoms with Gasteiger partial charge in [-0.15, -0.1) is 0 Å². The summed E-state index contributed by atoms with van der Waals surface area (Å²) in [6.07, 6.45) is 3.78. The van der Waals surface area contributed by atoms with Crippen LogP contribution in [0.4, 0.5) is 0 Å². The largest absolute Gasteiger partial charge is 0.481 e. The van der Waals surface area contributed by atoms with E-state index in [2.05, 4.69) is 5.10 Å². The zero-order valence-corrected chi connectivity index (χ0v) is 11.5. The molecule has 19 heavy (non-hydrogen) atoms. The van der Waals surface area contributed by atoms with E-state index in [4.69, 9.17) is 5.11 Å². The summed E-state index contributed by atoms with van der Waals surface area (Å²) in [6.45, 7) is 6.80. The van der Waals surface area contributed by atoms with Gasteiger partial charge in [-0.05, 0) is 27.2 Å². The first-order chi connectivity index (χ1) is 8.79. The molecule has 2 rings (SSSR count). The van der Waals surface area contributed by atoms with Gasteiger partial charge in [0.25, 0.3) is 5.91 Å². The Morgan fingerprint density at radius 2 is 2.11 bits per heavy atom. The molecular weight excluding hydrogens is 246 g/mol. The van der Waals surface area contributed by atoms with Crippen molar-refractivity contribution < 1.29 is 14.7 Å². The van der Waals surface area contributed by atoms with Crippen molar-refractivity contribution in [2.75, 3.05) is 13.1 Å². The molecule has 0 saturated carbocycles. The van der Waals surface area contributed by atoms with Crippen LogP contribution in [0.15, 0.2) is 12.4 Å². The van der Waals surface area contributed by atoms with Crippen LogP contribution >= 0.6 is 0 Å². The van der Waals surface area contributed by atoms with E-state index in [-0.39, 0.29) is 18.0 Å². The summed E-state index contributed by atoms with van der Waals surface area (Å²) in [5.74, 6) is -1.42. The molecule has 6 heteroatoms. The van der Waals surface area contributed by atoms with Crippen molar-refractivity contribution in [3.63, 3.8) is 0 Å². The van der Waals surface area contributed by atoms with E-state index >= 15 is 0 Å². The Labute approximate surface area is 112 Å². The van der Waals surface area contributed by atoms with Gasteiger partial charge in [-0.25, -0.2) is 0 Å². The highest BCUT2D eigenvalue weighted by molar-refractivity contribution is 5.94. The molecular formula is C13H19N3O3. The van der Waals surface area contributed by atoms with Crippen LogP contribution in [-0.4, -0.2) is 44.8 Å². The zero-order chi connectivity index (χ0) is 14.2. The number of carbonyl (C=O) groups excluding carboxylic acids is 1. The Morgan fingerprint density at radius 3 is 2.58 bits per heavy atom. The van der Waals surface area contributed by atoms with E-state index in [9.17, 15) is 9.59 Å². The highest BCUT2D eigenvalue weighted by Gasteiger charge is 2.32. The number of carboxylic acid groups (broad SMARTS) is 1. The lowest BCUT2D eigenvalue weighted by atomic mass is 10.1. The minimum Gasteiger partial charge on any atom is -0.481 e. The number of hydrogen-bond donors (Lipinski definition) is 1. The molecule has 2 heterocycles. The van der Waals surface area contributed by atoms with Gasteiger partial charge in [0.15, 0.2) is 0 Å². The fraction of sp³-hybridized carbons (Fsp3) is 0.615. The van der Waals surface area contributed by atoms with E-state index in [0.717, 1.165) is 0 Å². The van der Waals surface area contributed by atoms with Crippen LogP contribution in [0, 0.1) is 5.92 Å². The molecule has 1 aliphatic rings. The molecule has 1 aromatic rings. The average molecular weight is 265 g/mol. The van der Waals surface area contributed by atoms with Crippen molar-refractivity contribution in [1.82, 2.24) is 14.7 Å². The monoisotopic (exact) mass is 265 g/mol. The van der Waals surface area contributed by atoms with Crippen LogP contribution in [0.25, 0.3) is 0 Å². The Hall–Kier alpha value is -1.85. The van der Waals surface area contributed by atoms with Gasteiger partial charge in [-0.2, -0.15) is 5.10 Å². The molecule has 1 aromatic heterocycles. The van der Waals surface area contributed by atoms with Gasteiger partial charge in [0.2, 0.25) is 0 Å². The lowest BCUT2D eigenvalue weighted by Crippen LogP contribution is -2.30. The van der Waals surface area contributed by atoms with Crippen LogP contribution in [0.5, 0.6) is 0 Å². The molecule has 1 N–H and O–H groups in total. The van der Waals surface area contributed by atoms with Crippen molar-refractivity contribution in [3.05, 3.63) is 18.0 Å². The number of aliphatic carboxylic acids is 1. The number of carbonyl (C=O) groups is 2. The third kappa shape index (κ3) is 2.77. The standard InChI is InChI=1S/C13H19N3O3/c1-13(2,3)16-8-10(6-14-16)11(17)15-5-4-9(7-15)12(18)19/h6,8-9H,4-5,7H2,1-3H3,(H,18,19).